The van der Waals surface area contributed by atoms with Gasteiger partial charge in [0.05, 0.1) is 8.95 Å². The minimum absolute atomic E-state index is 0.247. The number of nitriles is 1. The smallest absolute Gasteiger partial charge is 0.238 e. The molecule has 1 heterocycles. The summed E-state index contributed by atoms with van der Waals surface area (Å²) in [5.74, 6) is 1.50. The Hall–Kier alpha value is -3.63. The number of benzene rings is 4. The Kier molecular flexibility index (Phi) is 8.09. The highest BCUT2D eigenvalue weighted by Gasteiger charge is 2.22. The first-order chi connectivity index (χ1) is 18.5. The van der Waals surface area contributed by atoms with Gasteiger partial charge in [-0.3, -0.25) is 0 Å². The molecule has 0 aliphatic carbocycles. The summed E-state index contributed by atoms with van der Waals surface area (Å²) in [6, 6.07) is 33.1. The molecule has 1 aromatic heterocycles. The Morgan fingerprint density at radius 1 is 0.868 bits per heavy atom. The van der Waals surface area contributed by atoms with Crippen LogP contribution in [0.15, 0.2) is 115 Å². The van der Waals surface area contributed by atoms with E-state index in [0.29, 0.717) is 28.7 Å². The van der Waals surface area contributed by atoms with Crippen molar-refractivity contribution in [3.05, 3.63) is 128 Å². The maximum Gasteiger partial charge on any atom is 0.238 e. The standard InChI is InChI=1S/C31H19Br2ClN2O2/c32-25-15-20(16-26(33)30(25)37-19-23-13-7-8-14-27(23)34)18-36-31-24(17-35)28(21-9-3-1-4-10-21)29(38-31)22-11-5-2-6-12-22/h1-16,18H,19H2. The number of nitrogens with zero attached hydrogens (tertiary/aromatic N) is 2. The van der Waals surface area contributed by atoms with Gasteiger partial charge in [-0.05, 0) is 61.2 Å². The average Bonchev–Trinajstić information content (AvgIpc) is 3.32. The summed E-state index contributed by atoms with van der Waals surface area (Å²) in [5.41, 5.74) is 4.54. The zero-order chi connectivity index (χ0) is 26.5. The van der Waals surface area contributed by atoms with E-state index in [4.69, 9.17) is 20.8 Å². The van der Waals surface area contributed by atoms with Crippen molar-refractivity contribution in [1.29, 1.82) is 5.26 Å². The maximum atomic E-state index is 10.1. The Balaban J connectivity index is 1.48. The summed E-state index contributed by atoms with van der Waals surface area (Å²) in [4.78, 5) is 4.58. The van der Waals surface area contributed by atoms with Crippen LogP contribution in [-0.2, 0) is 6.61 Å². The molecule has 0 aliphatic rings. The molecule has 5 rings (SSSR count). The second kappa shape index (κ2) is 11.8. The molecule has 0 atom stereocenters. The second-order valence-electron chi connectivity index (χ2n) is 8.28. The maximum absolute atomic E-state index is 10.1. The highest BCUT2D eigenvalue weighted by atomic mass is 79.9. The number of hydrogen-bond acceptors (Lipinski definition) is 4. The first kappa shape index (κ1) is 26.0. The molecule has 7 heteroatoms. The molecule has 5 aromatic rings. The molecule has 4 nitrogen and oxygen atoms in total. The number of furan rings is 1. The van der Waals surface area contributed by atoms with Crippen LogP contribution in [0, 0.1) is 11.3 Å². The third kappa shape index (κ3) is 5.61. The fourth-order valence-corrected chi connectivity index (χ4v) is 5.62. The van der Waals surface area contributed by atoms with Crippen molar-refractivity contribution in [3.8, 4) is 34.3 Å². The van der Waals surface area contributed by atoms with Crippen molar-refractivity contribution in [1.82, 2.24) is 0 Å². The second-order valence-corrected chi connectivity index (χ2v) is 10.4. The zero-order valence-electron chi connectivity index (χ0n) is 19.9. The van der Waals surface area contributed by atoms with E-state index in [-0.39, 0.29) is 5.88 Å². The fraction of sp³-hybridized carbons (Fsp3) is 0.0323. The highest BCUT2D eigenvalue weighted by Crippen LogP contribution is 2.42. The normalized spacial score (nSPS) is 11.0. The SMILES string of the molecule is N#Cc1c(N=Cc2cc(Br)c(OCc3ccccc3Cl)c(Br)c2)oc(-c2ccccc2)c1-c1ccccc1. The number of aliphatic imine (C=N–C) groups is 1. The number of hydrogen-bond donors (Lipinski definition) is 0. The highest BCUT2D eigenvalue weighted by molar-refractivity contribution is 9.11. The summed E-state index contributed by atoms with van der Waals surface area (Å²) in [6.07, 6.45) is 1.66. The lowest BCUT2D eigenvalue weighted by atomic mass is 9.98. The summed E-state index contributed by atoms with van der Waals surface area (Å²) >= 11 is 13.4. The van der Waals surface area contributed by atoms with Crippen molar-refractivity contribution in [2.45, 2.75) is 6.61 Å². The Morgan fingerprint density at radius 3 is 2.11 bits per heavy atom. The van der Waals surface area contributed by atoms with Crippen LogP contribution in [0.5, 0.6) is 5.75 Å². The fourth-order valence-electron chi connectivity index (χ4n) is 3.98. The van der Waals surface area contributed by atoms with Crippen LogP contribution < -0.4 is 4.74 Å². The van der Waals surface area contributed by atoms with E-state index in [1.54, 1.807) is 6.21 Å². The zero-order valence-corrected chi connectivity index (χ0v) is 23.8. The van der Waals surface area contributed by atoms with E-state index in [9.17, 15) is 5.26 Å². The largest absolute Gasteiger partial charge is 0.486 e. The van der Waals surface area contributed by atoms with Crippen molar-refractivity contribution in [2.75, 3.05) is 0 Å². The van der Waals surface area contributed by atoms with Gasteiger partial charge in [-0.15, -0.1) is 0 Å². The van der Waals surface area contributed by atoms with E-state index in [0.717, 1.165) is 36.8 Å². The lowest BCUT2D eigenvalue weighted by Crippen LogP contribution is -1.98. The van der Waals surface area contributed by atoms with Crippen molar-refractivity contribution in [2.24, 2.45) is 4.99 Å². The molecule has 0 spiro atoms. The molecule has 0 bridgehead atoms. The molecule has 4 aromatic carbocycles. The predicted molar refractivity (Wildman–Crippen MR) is 159 cm³/mol. The van der Waals surface area contributed by atoms with Gasteiger partial charge in [0.2, 0.25) is 5.88 Å². The van der Waals surface area contributed by atoms with Crippen LogP contribution in [0.25, 0.3) is 22.5 Å². The summed E-state index contributed by atoms with van der Waals surface area (Å²) in [6.45, 7) is 0.326. The molecule has 0 radical (unpaired) electrons. The van der Waals surface area contributed by atoms with E-state index in [2.05, 4.69) is 42.9 Å². The van der Waals surface area contributed by atoms with Crippen LogP contribution in [-0.4, -0.2) is 6.21 Å². The Labute approximate surface area is 242 Å². The van der Waals surface area contributed by atoms with E-state index in [1.165, 1.54) is 0 Å². The van der Waals surface area contributed by atoms with Crippen molar-refractivity contribution in [3.63, 3.8) is 0 Å². The quantitative estimate of drug-likeness (QED) is 0.165. The molecule has 0 aliphatic heterocycles. The summed E-state index contributed by atoms with van der Waals surface area (Å²) < 4.78 is 13.7. The van der Waals surface area contributed by atoms with Gasteiger partial charge in [0.15, 0.2) is 0 Å². The van der Waals surface area contributed by atoms with Gasteiger partial charge in [-0.2, -0.15) is 5.26 Å². The van der Waals surface area contributed by atoms with Crippen LogP contribution in [0.3, 0.4) is 0 Å². The Morgan fingerprint density at radius 2 is 1.47 bits per heavy atom. The first-order valence-electron chi connectivity index (χ1n) is 11.6. The monoisotopic (exact) mass is 644 g/mol. The Bertz CT molecular complexity index is 1640. The molecule has 0 saturated carbocycles. The minimum Gasteiger partial charge on any atom is -0.486 e. The lowest BCUT2D eigenvalue weighted by molar-refractivity contribution is 0.302. The van der Waals surface area contributed by atoms with E-state index in [1.807, 2.05) is 97.1 Å². The van der Waals surface area contributed by atoms with Crippen LogP contribution in [0.2, 0.25) is 5.02 Å². The average molecular weight is 647 g/mol. The summed E-state index contributed by atoms with van der Waals surface area (Å²) in [5, 5.41) is 10.7. The third-order valence-corrected chi connectivity index (χ3v) is 7.33. The predicted octanol–water partition coefficient (Wildman–Crippen LogP) is 9.99. The van der Waals surface area contributed by atoms with Gasteiger partial charge in [-0.25, -0.2) is 4.99 Å². The first-order valence-corrected chi connectivity index (χ1v) is 13.6. The van der Waals surface area contributed by atoms with E-state index < -0.39 is 0 Å². The molecule has 0 N–H and O–H groups in total. The molecule has 0 saturated heterocycles. The summed E-state index contributed by atoms with van der Waals surface area (Å²) in [7, 11) is 0. The van der Waals surface area contributed by atoms with Crippen LogP contribution in [0.4, 0.5) is 5.88 Å². The van der Waals surface area contributed by atoms with Gasteiger partial charge in [-0.1, -0.05) is 90.5 Å². The lowest BCUT2D eigenvalue weighted by Gasteiger charge is -2.12. The topological polar surface area (TPSA) is 58.5 Å². The molecule has 186 valence electrons. The molecule has 0 unspecified atom stereocenters. The van der Waals surface area contributed by atoms with E-state index >= 15 is 0 Å². The van der Waals surface area contributed by atoms with Crippen molar-refractivity contribution >= 4 is 55.6 Å². The van der Waals surface area contributed by atoms with Gasteiger partial charge < -0.3 is 9.15 Å². The van der Waals surface area contributed by atoms with Gasteiger partial charge in [0.25, 0.3) is 0 Å². The van der Waals surface area contributed by atoms with Crippen molar-refractivity contribution < 1.29 is 9.15 Å². The molecule has 38 heavy (non-hydrogen) atoms. The molecule has 0 amide bonds. The minimum atomic E-state index is 0.247. The van der Waals surface area contributed by atoms with Gasteiger partial charge in [0, 0.05) is 27.9 Å². The van der Waals surface area contributed by atoms with Gasteiger partial charge in [0.1, 0.15) is 29.7 Å². The molecular weight excluding hydrogens is 628 g/mol. The third-order valence-electron chi connectivity index (χ3n) is 5.78. The van der Waals surface area contributed by atoms with Gasteiger partial charge >= 0.3 is 0 Å². The number of halogens is 3. The molecule has 0 fully saturated rings. The molecular formula is C31H19Br2ClN2O2. The number of rotatable bonds is 7. The van der Waals surface area contributed by atoms with Crippen LogP contribution in [0.1, 0.15) is 16.7 Å². The van der Waals surface area contributed by atoms with Crippen LogP contribution >= 0.6 is 43.5 Å². The number of ether oxygens (including phenoxy) is 1.